The summed E-state index contributed by atoms with van der Waals surface area (Å²) in [6.07, 6.45) is 2.84. The Hall–Kier alpha value is -1.60. The number of aromatic nitrogens is 1. The zero-order valence-electron chi connectivity index (χ0n) is 17.1. The Labute approximate surface area is 183 Å². The number of hydrogen-bond acceptors (Lipinski definition) is 5. The number of amides is 1. The minimum atomic E-state index is 0. The van der Waals surface area contributed by atoms with Crippen LogP contribution in [0.1, 0.15) is 27.9 Å². The number of nitrogens with one attached hydrogen (secondary N) is 1. The number of halogens is 1. The van der Waals surface area contributed by atoms with Crippen LogP contribution in [0.2, 0.25) is 0 Å². The zero-order chi connectivity index (χ0) is 19.5. The maximum atomic E-state index is 13.3. The molecule has 2 saturated heterocycles. The standard InChI is InChI=1S/C22H28N4OS.ClH/c1-16-5-6-20(17(2)14-16)28-21-19(4-3-8-24-21)22(27)26-11-7-18(15-26)25-12-9-23-10-13-25;/h3-6,8,14,18,23H,7,9-13,15H2,1-2H3;1H. The number of nitrogens with zero attached hydrogens (tertiary/aromatic N) is 3. The first-order valence-electron chi connectivity index (χ1n) is 10.1. The van der Waals surface area contributed by atoms with E-state index < -0.39 is 0 Å². The molecule has 3 heterocycles. The van der Waals surface area contributed by atoms with Crippen LogP contribution >= 0.6 is 24.2 Å². The van der Waals surface area contributed by atoms with Crippen LogP contribution in [0.25, 0.3) is 0 Å². The number of hydrogen-bond donors (Lipinski definition) is 1. The third kappa shape index (κ3) is 5.12. The van der Waals surface area contributed by atoms with Crippen LogP contribution in [-0.2, 0) is 0 Å². The van der Waals surface area contributed by atoms with Gasteiger partial charge in [-0.05, 0) is 44.0 Å². The lowest BCUT2D eigenvalue weighted by Gasteiger charge is -2.32. The molecular formula is C22H29ClN4OS. The van der Waals surface area contributed by atoms with Gasteiger partial charge in [-0.1, -0.05) is 29.5 Å². The predicted molar refractivity (Wildman–Crippen MR) is 120 cm³/mol. The molecule has 156 valence electrons. The van der Waals surface area contributed by atoms with Crippen molar-refractivity contribution in [3.63, 3.8) is 0 Å². The number of pyridine rings is 1. The van der Waals surface area contributed by atoms with Gasteiger partial charge < -0.3 is 10.2 Å². The van der Waals surface area contributed by atoms with Crippen LogP contribution in [0.4, 0.5) is 0 Å². The van der Waals surface area contributed by atoms with Gasteiger partial charge in [0.1, 0.15) is 5.03 Å². The molecular weight excluding hydrogens is 404 g/mol. The highest BCUT2D eigenvalue weighted by Gasteiger charge is 2.32. The van der Waals surface area contributed by atoms with Crippen LogP contribution in [0.5, 0.6) is 0 Å². The van der Waals surface area contributed by atoms with E-state index in [0.29, 0.717) is 11.6 Å². The monoisotopic (exact) mass is 432 g/mol. The highest BCUT2D eigenvalue weighted by Crippen LogP contribution is 2.32. The fraction of sp³-hybridized carbons (Fsp3) is 0.455. The molecule has 1 amide bonds. The zero-order valence-corrected chi connectivity index (χ0v) is 18.7. The van der Waals surface area contributed by atoms with E-state index in [0.717, 1.165) is 55.6 Å². The van der Waals surface area contributed by atoms with Crippen LogP contribution in [0, 0.1) is 13.8 Å². The second-order valence-electron chi connectivity index (χ2n) is 7.71. The topological polar surface area (TPSA) is 48.5 Å². The average molecular weight is 433 g/mol. The Kier molecular flexibility index (Phi) is 7.57. The summed E-state index contributed by atoms with van der Waals surface area (Å²) in [5.74, 6) is 0.109. The summed E-state index contributed by atoms with van der Waals surface area (Å²) in [7, 11) is 0. The third-order valence-electron chi connectivity index (χ3n) is 5.66. The first-order chi connectivity index (χ1) is 13.6. The molecule has 1 aromatic heterocycles. The van der Waals surface area contributed by atoms with E-state index in [1.807, 2.05) is 17.0 Å². The number of rotatable bonds is 4. The smallest absolute Gasteiger partial charge is 0.256 e. The predicted octanol–water partition coefficient (Wildman–Crippen LogP) is 3.39. The minimum Gasteiger partial charge on any atom is -0.337 e. The molecule has 4 rings (SSSR count). The van der Waals surface area contributed by atoms with Crippen LogP contribution < -0.4 is 5.32 Å². The molecule has 0 saturated carbocycles. The maximum absolute atomic E-state index is 13.3. The maximum Gasteiger partial charge on any atom is 0.256 e. The number of aryl methyl sites for hydroxylation is 2. The Morgan fingerprint density at radius 3 is 2.72 bits per heavy atom. The second-order valence-corrected chi connectivity index (χ2v) is 8.74. The minimum absolute atomic E-state index is 0. The van der Waals surface area contributed by atoms with Gasteiger partial charge in [-0.3, -0.25) is 9.69 Å². The quantitative estimate of drug-likeness (QED) is 0.802. The summed E-state index contributed by atoms with van der Waals surface area (Å²) in [4.78, 5) is 23.5. The van der Waals surface area contributed by atoms with Crippen molar-refractivity contribution >= 4 is 30.1 Å². The van der Waals surface area contributed by atoms with Crippen LogP contribution in [0.3, 0.4) is 0 Å². The molecule has 0 bridgehead atoms. The van der Waals surface area contributed by atoms with E-state index in [9.17, 15) is 4.79 Å². The Morgan fingerprint density at radius 2 is 1.97 bits per heavy atom. The van der Waals surface area contributed by atoms with Crippen molar-refractivity contribution in [2.24, 2.45) is 0 Å². The van der Waals surface area contributed by atoms with E-state index in [1.54, 1.807) is 18.0 Å². The Morgan fingerprint density at radius 1 is 1.17 bits per heavy atom. The molecule has 2 aromatic rings. The fourth-order valence-electron chi connectivity index (χ4n) is 4.09. The van der Waals surface area contributed by atoms with Gasteiger partial charge >= 0.3 is 0 Å². The number of carbonyl (C=O) groups excluding carboxylic acids is 1. The summed E-state index contributed by atoms with van der Waals surface area (Å²) in [6, 6.07) is 10.7. The molecule has 2 fully saturated rings. The van der Waals surface area contributed by atoms with Crippen LogP contribution in [-0.4, -0.2) is 66.0 Å². The lowest BCUT2D eigenvalue weighted by molar-refractivity contribution is 0.0769. The van der Waals surface area contributed by atoms with Gasteiger partial charge in [0.05, 0.1) is 5.56 Å². The van der Waals surface area contributed by atoms with Crippen molar-refractivity contribution < 1.29 is 4.79 Å². The second kappa shape index (κ2) is 9.94. The highest BCUT2D eigenvalue weighted by atomic mass is 35.5. The van der Waals surface area contributed by atoms with Crippen molar-refractivity contribution in [3.05, 3.63) is 53.2 Å². The molecule has 0 aliphatic carbocycles. The van der Waals surface area contributed by atoms with Crippen molar-refractivity contribution in [2.75, 3.05) is 39.3 Å². The van der Waals surface area contributed by atoms with E-state index in [2.05, 4.69) is 47.2 Å². The summed E-state index contributed by atoms with van der Waals surface area (Å²) < 4.78 is 0. The van der Waals surface area contributed by atoms with E-state index in [-0.39, 0.29) is 18.3 Å². The third-order valence-corrected chi connectivity index (χ3v) is 6.85. The molecule has 1 atom stereocenters. The molecule has 0 radical (unpaired) electrons. The Bertz CT molecular complexity index is 856. The number of likely N-dealkylation sites (tertiary alicyclic amines) is 1. The summed E-state index contributed by atoms with van der Waals surface area (Å²) in [5.41, 5.74) is 3.18. The van der Waals surface area contributed by atoms with Crippen molar-refractivity contribution in [3.8, 4) is 0 Å². The van der Waals surface area contributed by atoms with Gasteiger partial charge in [0.25, 0.3) is 5.91 Å². The summed E-state index contributed by atoms with van der Waals surface area (Å²) >= 11 is 1.59. The first-order valence-corrected chi connectivity index (χ1v) is 10.9. The normalized spacial score (nSPS) is 19.8. The van der Waals surface area contributed by atoms with Crippen molar-refractivity contribution in [1.29, 1.82) is 0 Å². The number of carbonyl (C=O) groups is 1. The van der Waals surface area contributed by atoms with Crippen molar-refractivity contribution in [1.82, 2.24) is 20.1 Å². The van der Waals surface area contributed by atoms with Crippen molar-refractivity contribution in [2.45, 2.75) is 36.2 Å². The highest BCUT2D eigenvalue weighted by molar-refractivity contribution is 7.99. The average Bonchev–Trinajstić information content (AvgIpc) is 3.21. The molecule has 1 aromatic carbocycles. The molecule has 2 aliphatic heterocycles. The molecule has 5 nitrogen and oxygen atoms in total. The van der Waals surface area contributed by atoms with Gasteiger partial charge in [-0.2, -0.15) is 0 Å². The fourth-order valence-corrected chi connectivity index (χ4v) is 5.04. The molecule has 1 unspecified atom stereocenters. The van der Waals surface area contributed by atoms with E-state index in [4.69, 9.17) is 0 Å². The first kappa shape index (κ1) is 22.1. The number of benzene rings is 1. The Balaban J connectivity index is 0.00000240. The molecule has 2 aliphatic rings. The molecule has 0 spiro atoms. The lowest BCUT2D eigenvalue weighted by Crippen LogP contribution is -2.49. The van der Waals surface area contributed by atoms with Gasteiger partial charge in [0, 0.05) is 56.4 Å². The summed E-state index contributed by atoms with van der Waals surface area (Å²) in [6.45, 7) is 10.1. The van der Waals surface area contributed by atoms with Crippen LogP contribution in [0.15, 0.2) is 46.5 Å². The van der Waals surface area contributed by atoms with Gasteiger partial charge in [-0.25, -0.2) is 4.98 Å². The SMILES string of the molecule is Cc1ccc(Sc2ncccc2C(=O)N2CCC(N3CCNCC3)C2)c(C)c1.Cl. The van der Waals surface area contributed by atoms with Gasteiger partial charge in [-0.15, -0.1) is 12.4 Å². The molecule has 7 heteroatoms. The lowest BCUT2D eigenvalue weighted by atomic mass is 10.2. The largest absolute Gasteiger partial charge is 0.337 e. The number of piperazine rings is 1. The summed E-state index contributed by atoms with van der Waals surface area (Å²) in [5, 5.41) is 4.20. The van der Waals surface area contributed by atoms with E-state index in [1.165, 1.54) is 11.1 Å². The molecule has 29 heavy (non-hydrogen) atoms. The van der Waals surface area contributed by atoms with E-state index >= 15 is 0 Å². The molecule has 1 N–H and O–H groups in total. The van der Waals surface area contributed by atoms with Gasteiger partial charge in [0.15, 0.2) is 0 Å². The van der Waals surface area contributed by atoms with Gasteiger partial charge in [0.2, 0.25) is 0 Å².